The Balaban J connectivity index is 1.13. The standard InChI is InChI=1S/C33H48Cl2N2O3/c1-32-16-19-36-30(38)22-24(32)8-11-26-27-12-13-29(33(27,2)15-14-28(26)32)40-31(39)5-3-4-23-6-9-25(10-7-23)37(20-17-34)21-18-35/h6-7,9-10,24,26-29H,3-5,8,11-22H2,1-2H3,(H,36,38). The van der Waals surface area contributed by atoms with E-state index in [9.17, 15) is 9.59 Å². The van der Waals surface area contributed by atoms with E-state index in [1.165, 1.54) is 31.2 Å². The largest absolute Gasteiger partial charge is 0.462 e. The van der Waals surface area contributed by atoms with E-state index in [0.717, 1.165) is 57.4 Å². The van der Waals surface area contributed by atoms with Crippen LogP contribution in [0.15, 0.2) is 24.3 Å². The number of ether oxygens (including phenoxy) is 1. The second kappa shape index (κ2) is 12.8. The molecule has 1 aromatic rings. The summed E-state index contributed by atoms with van der Waals surface area (Å²) >= 11 is 11.9. The van der Waals surface area contributed by atoms with Crippen molar-refractivity contribution in [3.05, 3.63) is 29.8 Å². The number of esters is 1. The highest BCUT2D eigenvalue weighted by molar-refractivity contribution is 6.18. The van der Waals surface area contributed by atoms with Crippen LogP contribution in [0.4, 0.5) is 5.69 Å². The van der Waals surface area contributed by atoms with Crippen LogP contribution in [0.2, 0.25) is 0 Å². The maximum atomic E-state index is 13.0. The predicted octanol–water partition coefficient (Wildman–Crippen LogP) is 6.97. The third-order valence-electron chi connectivity index (χ3n) is 11.5. The Kier molecular flexibility index (Phi) is 9.62. The minimum absolute atomic E-state index is 0.0370. The van der Waals surface area contributed by atoms with Crippen LogP contribution in [0.1, 0.15) is 83.6 Å². The van der Waals surface area contributed by atoms with Crippen LogP contribution in [0.25, 0.3) is 0 Å². The van der Waals surface area contributed by atoms with Crippen molar-refractivity contribution < 1.29 is 14.3 Å². The van der Waals surface area contributed by atoms with Crippen molar-refractivity contribution in [2.24, 2.45) is 34.5 Å². The van der Waals surface area contributed by atoms with Crippen molar-refractivity contribution in [2.75, 3.05) is 36.3 Å². The molecule has 0 spiro atoms. The van der Waals surface area contributed by atoms with Gasteiger partial charge in [0.25, 0.3) is 0 Å². The van der Waals surface area contributed by atoms with Crippen molar-refractivity contribution in [2.45, 2.75) is 90.6 Å². The lowest BCUT2D eigenvalue weighted by atomic mass is 9.47. The van der Waals surface area contributed by atoms with Crippen LogP contribution in [0.3, 0.4) is 0 Å². The zero-order valence-corrected chi connectivity index (χ0v) is 25.9. The molecule has 7 unspecified atom stereocenters. The molecule has 7 atom stereocenters. The molecule has 5 rings (SSSR count). The van der Waals surface area contributed by atoms with E-state index in [4.69, 9.17) is 27.9 Å². The highest BCUT2D eigenvalue weighted by Crippen LogP contribution is 2.65. The van der Waals surface area contributed by atoms with Crippen molar-refractivity contribution in [1.29, 1.82) is 0 Å². The first-order chi connectivity index (χ1) is 19.3. The first-order valence-corrected chi connectivity index (χ1v) is 16.8. The maximum absolute atomic E-state index is 13.0. The molecule has 222 valence electrons. The number of alkyl halides is 2. The normalized spacial score (nSPS) is 35.1. The number of carbonyl (C=O) groups is 2. The molecule has 1 heterocycles. The molecule has 0 radical (unpaired) electrons. The number of carbonyl (C=O) groups excluding carboxylic acids is 2. The topological polar surface area (TPSA) is 58.6 Å². The molecule has 5 nitrogen and oxygen atoms in total. The molecule has 4 aliphatic rings. The van der Waals surface area contributed by atoms with E-state index in [-0.39, 0.29) is 28.8 Å². The first kappa shape index (κ1) is 30.0. The van der Waals surface area contributed by atoms with E-state index >= 15 is 0 Å². The fourth-order valence-corrected chi connectivity index (χ4v) is 9.68. The first-order valence-electron chi connectivity index (χ1n) is 15.7. The lowest BCUT2D eigenvalue weighted by Crippen LogP contribution is -2.53. The Hall–Kier alpha value is -1.46. The van der Waals surface area contributed by atoms with Gasteiger partial charge < -0.3 is 15.0 Å². The number of aryl methyl sites for hydroxylation is 1. The summed E-state index contributed by atoms with van der Waals surface area (Å²) in [5.41, 5.74) is 2.71. The summed E-state index contributed by atoms with van der Waals surface area (Å²) in [5.74, 6) is 3.88. The third-order valence-corrected chi connectivity index (χ3v) is 11.9. The summed E-state index contributed by atoms with van der Waals surface area (Å²) in [7, 11) is 0. The molecule has 4 fully saturated rings. The third kappa shape index (κ3) is 6.02. The Labute approximate surface area is 251 Å². The minimum Gasteiger partial charge on any atom is -0.462 e. The number of rotatable bonds is 10. The van der Waals surface area contributed by atoms with Gasteiger partial charge in [0.1, 0.15) is 6.10 Å². The summed E-state index contributed by atoms with van der Waals surface area (Å²) in [5, 5.41) is 3.14. The van der Waals surface area contributed by atoms with Crippen LogP contribution >= 0.6 is 23.2 Å². The Morgan fingerprint density at radius 1 is 0.975 bits per heavy atom. The number of halogens is 2. The lowest BCUT2D eigenvalue weighted by Gasteiger charge is -2.58. The monoisotopic (exact) mass is 590 g/mol. The number of nitrogens with zero attached hydrogens (tertiary/aromatic N) is 1. The van der Waals surface area contributed by atoms with Crippen LogP contribution in [-0.4, -0.2) is 49.4 Å². The number of anilines is 1. The lowest BCUT2D eigenvalue weighted by molar-refractivity contribution is -0.162. The van der Waals surface area contributed by atoms with E-state index in [0.29, 0.717) is 48.3 Å². The molecule has 1 amide bonds. The van der Waals surface area contributed by atoms with Crippen LogP contribution in [-0.2, 0) is 20.7 Å². The van der Waals surface area contributed by atoms with Crippen LogP contribution in [0.5, 0.6) is 0 Å². The van der Waals surface area contributed by atoms with E-state index in [1.54, 1.807) is 0 Å². The Morgan fingerprint density at radius 3 is 2.42 bits per heavy atom. The number of amides is 1. The molecule has 1 aliphatic heterocycles. The Bertz CT molecular complexity index is 1030. The van der Waals surface area contributed by atoms with Gasteiger partial charge in [-0.3, -0.25) is 9.59 Å². The molecule has 1 saturated heterocycles. The number of hydrogen-bond acceptors (Lipinski definition) is 4. The molecule has 0 bridgehead atoms. The summed E-state index contributed by atoms with van der Waals surface area (Å²) < 4.78 is 6.25. The fraction of sp³-hybridized carbons (Fsp3) is 0.758. The van der Waals surface area contributed by atoms with E-state index in [1.807, 2.05) is 0 Å². The summed E-state index contributed by atoms with van der Waals surface area (Å²) in [6.45, 7) is 7.26. The molecular weight excluding hydrogens is 543 g/mol. The van der Waals surface area contributed by atoms with E-state index < -0.39 is 0 Å². The van der Waals surface area contributed by atoms with Gasteiger partial charge in [0.15, 0.2) is 0 Å². The molecule has 0 aromatic heterocycles. The highest BCUT2D eigenvalue weighted by atomic mass is 35.5. The predicted molar refractivity (Wildman–Crippen MR) is 163 cm³/mol. The van der Waals surface area contributed by atoms with Crippen molar-refractivity contribution >= 4 is 40.8 Å². The summed E-state index contributed by atoms with van der Waals surface area (Å²) in [4.78, 5) is 27.5. The number of hydrogen-bond donors (Lipinski definition) is 1. The van der Waals surface area contributed by atoms with Gasteiger partial charge in [-0.2, -0.15) is 0 Å². The number of fused-ring (bicyclic) bond motifs is 5. The van der Waals surface area contributed by atoms with Gasteiger partial charge in [0.05, 0.1) is 0 Å². The summed E-state index contributed by atoms with van der Waals surface area (Å²) in [6, 6.07) is 8.54. The smallest absolute Gasteiger partial charge is 0.306 e. The van der Waals surface area contributed by atoms with Gasteiger partial charge in [-0.1, -0.05) is 26.0 Å². The second-order valence-corrected chi connectivity index (χ2v) is 14.2. The van der Waals surface area contributed by atoms with Crippen LogP contribution < -0.4 is 10.2 Å². The highest BCUT2D eigenvalue weighted by Gasteiger charge is 2.60. The average Bonchev–Trinajstić information content (AvgIpc) is 3.17. The van der Waals surface area contributed by atoms with Gasteiger partial charge in [-0.25, -0.2) is 0 Å². The SMILES string of the molecule is CC12CCNC(=O)CC1CCC1C2CCC2(C)C(OC(=O)CCCc3ccc(N(CCCl)CCCl)cc3)CCC12. The fourth-order valence-electron chi connectivity index (χ4n) is 9.27. The molecule has 3 aliphatic carbocycles. The second-order valence-electron chi connectivity index (χ2n) is 13.4. The van der Waals surface area contributed by atoms with Gasteiger partial charge in [0.2, 0.25) is 5.91 Å². The number of nitrogens with one attached hydrogen (secondary N) is 1. The maximum Gasteiger partial charge on any atom is 0.306 e. The van der Waals surface area contributed by atoms with Crippen molar-refractivity contribution in [1.82, 2.24) is 5.32 Å². The zero-order valence-electron chi connectivity index (χ0n) is 24.4. The zero-order chi connectivity index (χ0) is 28.3. The van der Waals surface area contributed by atoms with Gasteiger partial charge in [-0.05, 0) is 105 Å². The van der Waals surface area contributed by atoms with Gasteiger partial charge in [-0.15, -0.1) is 23.2 Å². The quantitative estimate of drug-likeness (QED) is 0.236. The molecule has 3 saturated carbocycles. The van der Waals surface area contributed by atoms with Gasteiger partial charge >= 0.3 is 5.97 Å². The minimum atomic E-state index is -0.0370. The molecule has 7 heteroatoms. The van der Waals surface area contributed by atoms with Crippen LogP contribution in [0, 0.1) is 34.5 Å². The summed E-state index contributed by atoms with van der Waals surface area (Å²) in [6.07, 6.45) is 10.9. The van der Waals surface area contributed by atoms with E-state index in [2.05, 4.69) is 48.3 Å². The molecule has 1 aromatic carbocycles. The Morgan fingerprint density at radius 2 is 1.70 bits per heavy atom. The van der Waals surface area contributed by atoms with Gasteiger partial charge in [0, 0.05) is 55.3 Å². The molecular formula is C33H48Cl2N2O3. The molecule has 1 N–H and O–H groups in total. The average molecular weight is 592 g/mol. The number of benzene rings is 1. The molecule has 40 heavy (non-hydrogen) atoms. The van der Waals surface area contributed by atoms with Crippen molar-refractivity contribution in [3.63, 3.8) is 0 Å². The van der Waals surface area contributed by atoms with Crippen molar-refractivity contribution in [3.8, 4) is 0 Å².